The number of aliphatic carboxylic acids is 2. The van der Waals surface area contributed by atoms with Crippen LogP contribution in [0.4, 0.5) is 0 Å². The van der Waals surface area contributed by atoms with Gasteiger partial charge in [0.05, 0.1) is 12.5 Å². The van der Waals surface area contributed by atoms with Gasteiger partial charge in [-0.1, -0.05) is 30.3 Å². The lowest BCUT2D eigenvalue weighted by Crippen LogP contribution is -2.58. The number of nitrogens with two attached hydrogens (primary N) is 2. The molecular formula is C29H34N6O9. The lowest BCUT2D eigenvalue weighted by atomic mass is 10.0. The zero-order valence-corrected chi connectivity index (χ0v) is 23.5. The molecule has 44 heavy (non-hydrogen) atoms. The molecule has 2 aromatic carbocycles. The molecule has 3 aromatic rings. The van der Waals surface area contributed by atoms with Crippen LogP contribution in [0.2, 0.25) is 0 Å². The Bertz CT molecular complexity index is 1520. The van der Waals surface area contributed by atoms with Gasteiger partial charge in [-0.25, -0.2) is 4.79 Å². The molecule has 0 fully saturated rings. The molecule has 0 radical (unpaired) electrons. The molecule has 0 aliphatic rings. The number of carboxylic acid groups (broad SMARTS) is 2. The van der Waals surface area contributed by atoms with E-state index in [9.17, 15) is 44.1 Å². The number of primary amides is 1. The molecule has 0 aliphatic carbocycles. The van der Waals surface area contributed by atoms with Crippen molar-refractivity contribution in [2.45, 2.75) is 56.3 Å². The number of rotatable bonds is 16. The van der Waals surface area contributed by atoms with Gasteiger partial charge in [0.15, 0.2) is 0 Å². The summed E-state index contributed by atoms with van der Waals surface area (Å²) in [5, 5.41) is 36.2. The standard InChI is InChI=1S/C29H34N6O9/c30-19(12-16-14-32-20-4-2-1-3-18(16)20)26(40)34-22(11-15-5-7-17(36)8-6-15)27(41)35-23(13-25(38)39)28(42)33-21(29(43)44)9-10-24(31)37/h1-8,14,19,21-23,32,36H,9-13,30H2,(H2,31,37)(H,33,42)(H,34,40)(H,35,41)(H,38,39)(H,43,44). The zero-order chi connectivity index (χ0) is 32.4. The van der Waals surface area contributed by atoms with Crippen molar-refractivity contribution in [2.24, 2.45) is 11.5 Å². The first-order chi connectivity index (χ1) is 20.8. The fourth-order valence-corrected chi connectivity index (χ4v) is 4.46. The van der Waals surface area contributed by atoms with Gasteiger partial charge >= 0.3 is 11.9 Å². The molecule has 3 rings (SSSR count). The van der Waals surface area contributed by atoms with Gasteiger partial charge in [0, 0.05) is 29.9 Å². The van der Waals surface area contributed by atoms with Gasteiger partial charge < -0.3 is 47.7 Å². The van der Waals surface area contributed by atoms with E-state index < -0.39 is 66.2 Å². The van der Waals surface area contributed by atoms with E-state index in [0.717, 1.165) is 16.5 Å². The van der Waals surface area contributed by atoms with Crippen LogP contribution < -0.4 is 27.4 Å². The quantitative estimate of drug-likeness (QED) is 0.0980. The second-order valence-electron chi connectivity index (χ2n) is 10.2. The van der Waals surface area contributed by atoms with E-state index in [4.69, 9.17) is 11.5 Å². The Morgan fingerprint density at radius 1 is 0.795 bits per heavy atom. The molecule has 4 amide bonds. The minimum atomic E-state index is -1.74. The van der Waals surface area contributed by atoms with Crippen LogP contribution >= 0.6 is 0 Å². The Balaban J connectivity index is 1.79. The van der Waals surface area contributed by atoms with E-state index in [1.54, 1.807) is 6.20 Å². The maximum absolute atomic E-state index is 13.4. The maximum Gasteiger partial charge on any atom is 0.326 e. The smallest absolute Gasteiger partial charge is 0.326 e. The second-order valence-corrected chi connectivity index (χ2v) is 10.2. The molecule has 4 atom stereocenters. The number of phenols is 1. The Morgan fingerprint density at radius 3 is 2.05 bits per heavy atom. The Labute approximate surface area is 251 Å². The van der Waals surface area contributed by atoms with Crippen molar-refractivity contribution in [2.75, 3.05) is 0 Å². The monoisotopic (exact) mass is 610 g/mol. The van der Waals surface area contributed by atoms with Gasteiger partial charge in [-0.15, -0.1) is 0 Å². The third-order valence-electron chi connectivity index (χ3n) is 6.77. The zero-order valence-electron chi connectivity index (χ0n) is 23.5. The maximum atomic E-state index is 13.4. The predicted molar refractivity (Wildman–Crippen MR) is 156 cm³/mol. The fraction of sp³-hybridized carbons (Fsp3) is 0.310. The highest BCUT2D eigenvalue weighted by atomic mass is 16.4. The summed E-state index contributed by atoms with van der Waals surface area (Å²) in [7, 11) is 0. The van der Waals surface area contributed by atoms with E-state index in [0.29, 0.717) is 5.56 Å². The SMILES string of the molecule is NC(=O)CCC(NC(=O)C(CC(=O)O)NC(=O)C(Cc1ccc(O)cc1)NC(=O)C(N)Cc1c[nH]c2ccccc12)C(=O)O. The summed E-state index contributed by atoms with van der Waals surface area (Å²) in [6, 6.07) is 7.39. The molecule has 0 saturated carbocycles. The molecule has 0 spiro atoms. The number of hydrogen-bond acceptors (Lipinski definition) is 8. The van der Waals surface area contributed by atoms with E-state index in [1.807, 2.05) is 24.3 Å². The van der Waals surface area contributed by atoms with E-state index >= 15 is 0 Å². The Hall–Kier alpha value is -5.44. The van der Waals surface area contributed by atoms with E-state index in [1.165, 1.54) is 24.3 Å². The van der Waals surface area contributed by atoms with Gasteiger partial charge in [0.2, 0.25) is 23.6 Å². The molecule has 4 unspecified atom stereocenters. The highest BCUT2D eigenvalue weighted by molar-refractivity contribution is 5.96. The van der Waals surface area contributed by atoms with Crippen molar-refractivity contribution in [1.29, 1.82) is 0 Å². The normalized spacial score (nSPS) is 13.7. The van der Waals surface area contributed by atoms with Crippen LogP contribution in [0.5, 0.6) is 5.75 Å². The van der Waals surface area contributed by atoms with Crippen molar-refractivity contribution in [3.05, 3.63) is 65.9 Å². The Kier molecular flexibility index (Phi) is 11.4. The van der Waals surface area contributed by atoms with Gasteiger partial charge in [-0.3, -0.25) is 24.0 Å². The van der Waals surface area contributed by atoms with Crippen LogP contribution in [0, 0.1) is 0 Å². The molecule has 0 aliphatic heterocycles. The number of benzene rings is 2. The number of carboxylic acids is 2. The number of para-hydroxylation sites is 1. The summed E-state index contributed by atoms with van der Waals surface area (Å²) in [4.78, 5) is 76.8. The van der Waals surface area contributed by atoms with Crippen molar-refractivity contribution in [1.82, 2.24) is 20.9 Å². The highest BCUT2D eigenvalue weighted by Gasteiger charge is 2.32. The average Bonchev–Trinajstić information content (AvgIpc) is 3.37. The lowest BCUT2D eigenvalue weighted by molar-refractivity contribution is -0.143. The fourth-order valence-electron chi connectivity index (χ4n) is 4.46. The first kappa shape index (κ1) is 33.1. The van der Waals surface area contributed by atoms with Crippen molar-refractivity contribution in [3.8, 4) is 5.75 Å². The summed E-state index contributed by atoms with van der Waals surface area (Å²) in [6.45, 7) is 0. The van der Waals surface area contributed by atoms with E-state index in [2.05, 4.69) is 20.9 Å². The van der Waals surface area contributed by atoms with Gasteiger partial charge in [0.1, 0.15) is 23.9 Å². The summed E-state index contributed by atoms with van der Waals surface area (Å²) in [5.41, 5.74) is 13.4. The van der Waals surface area contributed by atoms with Crippen molar-refractivity contribution >= 4 is 46.5 Å². The molecule has 11 N–H and O–H groups in total. The van der Waals surface area contributed by atoms with Crippen molar-refractivity contribution < 1.29 is 44.1 Å². The molecule has 1 heterocycles. The summed E-state index contributed by atoms with van der Waals surface area (Å²) < 4.78 is 0. The number of nitrogens with one attached hydrogen (secondary N) is 4. The number of H-pyrrole nitrogens is 1. The first-order valence-corrected chi connectivity index (χ1v) is 13.6. The average molecular weight is 611 g/mol. The number of hydrogen-bond donors (Lipinski definition) is 9. The molecule has 15 heteroatoms. The second kappa shape index (κ2) is 15.2. The molecular weight excluding hydrogens is 576 g/mol. The van der Waals surface area contributed by atoms with Crippen LogP contribution in [-0.2, 0) is 41.6 Å². The highest BCUT2D eigenvalue weighted by Crippen LogP contribution is 2.19. The number of carbonyl (C=O) groups is 6. The minimum Gasteiger partial charge on any atom is -0.508 e. The molecule has 15 nitrogen and oxygen atoms in total. The van der Waals surface area contributed by atoms with Gasteiger partial charge in [-0.2, -0.15) is 0 Å². The molecule has 0 saturated heterocycles. The number of aromatic hydroxyl groups is 1. The number of aromatic amines is 1. The predicted octanol–water partition coefficient (Wildman–Crippen LogP) is -0.735. The van der Waals surface area contributed by atoms with Crippen LogP contribution in [-0.4, -0.2) is 80.0 Å². The number of amides is 4. The van der Waals surface area contributed by atoms with Gasteiger partial charge in [-0.05, 0) is 42.2 Å². The van der Waals surface area contributed by atoms with E-state index in [-0.39, 0.29) is 31.4 Å². The Morgan fingerprint density at radius 2 is 1.41 bits per heavy atom. The summed E-state index contributed by atoms with van der Waals surface area (Å²) in [5.74, 6) is -6.61. The third-order valence-corrected chi connectivity index (χ3v) is 6.77. The molecule has 234 valence electrons. The number of aromatic nitrogens is 1. The van der Waals surface area contributed by atoms with Crippen LogP contribution in [0.3, 0.4) is 0 Å². The summed E-state index contributed by atoms with van der Waals surface area (Å²) in [6.07, 6.45) is 0.0660. The minimum absolute atomic E-state index is 0.0398. The number of fused-ring (bicyclic) bond motifs is 1. The van der Waals surface area contributed by atoms with Gasteiger partial charge in [0.25, 0.3) is 0 Å². The molecule has 1 aromatic heterocycles. The summed E-state index contributed by atoms with van der Waals surface area (Å²) >= 11 is 0. The number of carbonyl (C=O) groups excluding carboxylic acids is 4. The van der Waals surface area contributed by atoms with Crippen LogP contribution in [0.1, 0.15) is 30.4 Å². The largest absolute Gasteiger partial charge is 0.508 e. The van der Waals surface area contributed by atoms with Crippen LogP contribution in [0.15, 0.2) is 54.7 Å². The van der Waals surface area contributed by atoms with Crippen molar-refractivity contribution in [3.63, 3.8) is 0 Å². The number of phenolic OH excluding ortho intramolecular Hbond substituents is 1. The van der Waals surface area contributed by atoms with Crippen LogP contribution in [0.25, 0.3) is 10.9 Å². The lowest BCUT2D eigenvalue weighted by Gasteiger charge is -2.24. The first-order valence-electron chi connectivity index (χ1n) is 13.6. The molecule has 0 bridgehead atoms. The topological polar surface area (TPSA) is 267 Å². The third kappa shape index (κ3) is 9.55.